The van der Waals surface area contributed by atoms with Crippen molar-refractivity contribution in [3.05, 3.63) is 52.0 Å². The van der Waals surface area contributed by atoms with Gasteiger partial charge in [-0.1, -0.05) is 6.07 Å². The summed E-state index contributed by atoms with van der Waals surface area (Å²) in [7, 11) is 0. The predicted octanol–water partition coefficient (Wildman–Crippen LogP) is 3.32. The van der Waals surface area contributed by atoms with Gasteiger partial charge >= 0.3 is 0 Å². The number of aromatic nitrogens is 2. The molecule has 0 fully saturated rings. The molecule has 0 saturated heterocycles. The molecule has 0 amide bonds. The van der Waals surface area contributed by atoms with E-state index in [-0.39, 0.29) is 0 Å². The molecule has 1 aromatic carbocycles. The summed E-state index contributed by atoms with van der Waals surface area (Å²) in [5, 5.41) is 2.00. The van der Waals surface area contributed by atoms with Crippen molar-refractivity contribution in [1.82, 2.24) is 9.55 Å². The molecule has 0 spiro atoms. The second kappa shape index (κ2) is 5.91. The number of imidazole rings is 1. The first-order valence-electron chi connectivity index (χ1n) is 6.75. The van der Waals surface area contributed by atoms with Crippen LogP contribution in [0.1, 0.15) is 17.1 Å². The van der Waals surface area contributed by atoms with Crippen LogP contribution in [0.15, 0.2) is 29.6 Å². The first kappa shape index (κ1) is 14.2. The maximum absolute atomic E-state index is 13.5. The topological polar surface area (TPSA) is 43.8 Å². The number of rotatable bonds is 5. The third kappa shape index (κ3) is 2.82. The van der Waals surface area contributed by atoms with Crippen LogP contribution < -0.4 is 5.73 Å². The zero-order valence-electron chi connectivity index (χ0n) is 11.4. The van der Waals surface area contributed by atoms with E-state index < -0.39 is 11.6 Å². The number of halogens is 2. The molecule has 2 heterocycles. The van der Waals surface area contributed by atoms with Crippen LogP contribution in [0, 0.1) is 11.6 Å². The van der Waals surface area contributed by atoms with Crippen molar-refractivity contribution in [2.75, 3.05) is 6.54 Å². The maximum Gasteiger partial charge on any atom is 0.161 e. The number of hydrogen-bond acceptors (Lipinski definition) is 3. The Hall–Kier alpha value is -1.79. The molecule has 110 valence electrons. The van der Waals surface area contributed by atoms with Gasteiger partial charge in [-0.3, -0.25) is 0 Å². The standard InChI is InChI=1S/C15H15F2N3S/c16-11-8-13-14(9-12(11)17)20(5-2-4-18)15(19-13)7-10-3-1-6-21-10/h1,3,6,8-9H,2,4-5,7,18H2. The van der Waals surface area contributed by atoms with Crippen LogP contribution in [0.2, 0.25) is 0 Å². The number of nitrogens with zero attached hydrogens (tertiary/aromatic N) is 2. The van der Waals surface area contributed by atoms with Crippen LogP contribution in [0.3, 0.4) is 0 Å². The smallest absolute Gasteiger partial charge is 0.161 e. The van der Waals surface area contributed by atoms with Crippen molar-refractivity contribution in [3.63, 3.8) is 0 Å². The van der Waals surface area contributed by atoms with Crippen LogP contribution in [0.4, 0.5) is 8.78 Å². The molecule has 2 N–H and O–H groups in total. The molecule has 2 aromatic heterocycles. The van der Waals surface area contributed by atoms with Crippen LogP contribution in [-0.2, 0) is 13.0 Å². The van der Waals surface area contributed by atoms with E-state index in [9.17, 15) is 8.78 Å². The van der Waals surface area contributed by atoms with Crippen LogP contribution in [0.25, 0.3) is 11.0 Å². The fraction of sp³-hybridized carbons (Fsp3) is 0.267. The zero-order valence-corrected chi connectivity index (χ0v) is 12.2. The SMILES string of the molecule is NCCCn1c(Cc2cccs2)nc2cc(F)c(F)cc21. The Morgan fingerprint density at radius 2 is 2.05 bits per heavy atom. The highest BCUT2D eigenvalue weighted by Gasteiger charge is 2.14. The minimum atomic E-state index is -0.867. The van der Waals surface area contributed by atoms with Gasteiger partial charge in [0.15, 0.2) is 11.6 Å². The summed E-state index contributed by atoms with van der Waals surface area (Å²) in [4.78, 5) is 5.63. The molecule has 0 aliphatic heterocycles. The minimum Gasteiger partial charge on any atom is -0.330 e. The van der Waals surface area contributed by atoms with E-state index in [4.69, 9.17) is 5.73 Å². The third-order valence-electron chi connectivity index (χ3n) is 3.37. The van der Waals surface area contributed by atoms with Crippen molar-refractivity contribution in [2.45, 2.75) is 19.4 Å². The van der Waals surface area contributed by atoms with Crippen LogP contribution in [0.5, 0.6) is 0 Å². The van der Waals surface area contributed by atoms with Gasteiger partial charge in [0.05, 0.1) is 11.0 Å². The number of fused-ring (bicyclic) bond motifs is 1. The normalized spacial score (nSPS) is 11.4. The van der Waals surface area contributed by atoms with E-state index in [1.807, 2.05) is 22.1 Å². The molecule has 0 atom stereocenters. The Labute approximate surface area is 125 Å². The summed E-state index contributed by atoms with van der Waals surface area (Å²) >= 11 is 1.64. The predicted molar refractivity (Wildman–Crippen MR) is 80.4 cm³/mol. The summed E-state index contributed by atoms with van der Waals surface area (Å²) in [5.74, 6) is -0.904. The lowest BCUT2D eigenvalue weighted by molar-refractivity contribution is 0.510. The molecule has 0 aliphatic carbocycles. The van der Waals surface area contributed by atoms with Gasteiger partial charge in [0.25, 0.3) is 0 Å². The van der Waals surface area contributed by atoms with Gasteiger partial charge in [-0.25, -0.2) is 13.8 Å². The molecule has 21 heavy (non-hydrogen) atoms. The lowest BCUT2D eigenvalue weighted by Crippen LogP contribution is -2.09. The Morgan fingerprint density at radius 1 is 1.24 bits per heavy atom. The Kier molecular flexibility index (Phi) is 3.98. The number of benzene rings is 1. The maximum atomic E-state index is 13.5. The average Bonchev–Trinajstić information content (AvgIpc) is 3.06. The molecule has 3 nitrogen and oxygen atoms in total. The van der Waals surface area contributed by atoms with Gasteiger partial charge in [0.2, 0.25) is 0 Å². The van der Waals surface area contributed by atoms with E-state index >= 15 is 0 Å². The largest absolute Gasteiger partial charge is 0.330 e. The average molecular weight is 307 g/mol. The molecule has 3 rings (SSSR count). The zero-order chi connectivity index (χ0) is 14.8. The number of nitrogens with two attached hydrogens (primary N) is 1. The molecule has 0 unspecified atom stereocenters. The Morgan fingerprint density at radius 3 is 2.76 bits per heavy atom. The fourth-order valence-corrected chi connectivity index (χ4v) is 3.07. The summed E-state index contributed by atoms with van der Waals surface area (Å²) in [6.45, 7) is 1.20. The summed E-state index contributed by atoms with van der Waals surface area (Å²) < 4.78 is 28.8. The van der Waals surface area contributed by atoms with Gasteiger partial charge in [-0.15, -0.1) is 11.3 Å². The second-order valence-electron chi connectivity index (χ2n) is 4.83. The van der Waals surface area contributed by atoms with E-state index in [2.05, 4.69) is 4.98 Å². The molecule has 0 bridgehead atoms. The van der Waals surface area contributed by atoms with Gasteiger partial charge in [-0.05, 0) is 24.4 Å². The lowest BCUT2D eigenvalue weighted by Gasteiger charge is -2.08. The highest BCUT2D eigenvalue weighted by Crippen LogP contribution is 2.23. The summed E-state index contributed by atoms with van der Waals surface area (Å²) in [6.07, 6.45) is 1.42. The van der Waals surface area contributed by atoms with Gasteiger partial charge in [0, 0.05) is 30.0 Å². The van der Waals surface area contributed by atoms with Crippen LogP contribution >= 0.6 is 11.3 Å². The molecule has 0 radical (unpaired) electrons. The monoisotopic (exact) mass is 307 g/mol. The van der Waals surface area contributed by atoms with Crippen molar-refractivity contribution >= 4 is 22.4 Å². The van der Waals surface area contributed by atoms with Crippen LogP contribution in [-0.4, -0.2) is 16.1 Å². The fourth-order valence-electron chi connectivity index (χ4n) is 2.37. The quantitative estimate of drug-likeness (QED) is 0.786. The first-order valence-corrected chi connectivity index (χ1v) is 7.63. The number of aryl methyl sites for hydroxylation is 1. The van der Waals surface area contributed by atoms with Gasteiger partial charge < -0.3 is 10.3 Å². The van der Waals surface area contributed by atoms with E-state index in [1.165, 1.54) is 10.9 Å². The third-order valence-corrected chi connectivity index (χ3v) is 4.24. The van der Waals surface area contributed by atoms with Crippen molar-refractivity contribution in [2.24, 2.45) is 5.73 Å². The highest BCUT2D eigenvalue weighted by atomic mass is 32.1. The lowest BCUT2D eigenvalue weighted by atomic mass is 10.3. The van der Waals surface area contributed by atoms with E-state index in [1.54, 1.807) is 11.3 Å². The second-order valence-corrected chi connectivity index (χ2v) is 5.87. The molecule has 0 saturated carbocycles. The first-order chi connectivity index (χ1) is 10.2. The summed E-state index contributed by atoms with van der Waals surface area (Å²) in [5.41, 5.74) is 6.67. The Bertz CT molecular complexity index is 750. The molecular formula is C15H15F2N3S. The van der Waals surface area contributed by atoms with E-state index in [0.29, 0.717) is 30.5 Å². The Balaban J connectivity index is 2.08. The van der Waals surface area contributed by atoms with Gasteiger partial charge in [0.1, 0.15) is 5.82 Å². The van der Waals surface area contributed by atoms with E-state index in [0.717, 1.165) is 18.3 Å². The molecule has 0 aliphatic rings. The molecule has 6 heteroatoms. The minimum absolute atomic E-state index is 0.484. The van der Waals surface area contributed by atoms with Gasteiger partial charge in [-0.2, -0.15) is 0 Å². The molecular weight excluding hydrogens is 292 g/mol. The highest BCUT2D eigenvalue weighted by molar-refractivity contribution is 7.09. The van der Waals surface area contributed by atoms with Crippen molar-refractivity contribution < 1.29 is 8.78 Å². The number of hydrogen-bond donors (Lipinski definition) is 1. The van der Waals surface area contributed by atoms with Crippen molar-refractivity contribution in [3.8, 4) is 0 Å². The van der Waals surface area contributed by atoms with Crippen molar-refractivity contribution in [1.29, 1.82) is 0 Å². The molecule has 3 aromatic rings. The number of thiophene rings is 1. The summed E-state index contributed by atoms with van der Waals surface area (Å²) in [6, 6.07) is 6.37.